The molecule has 2 N–H and O–H groups in total. The number of methoxy groups -OCH3 is 1. The van der Waals surface area contributed by atoms with Crippen molar-refractivity contribution in [2.45, 2.75) is 0 Å². The Kier molecular flexibility index (Phi) is 5.30. The highest BCUT2D eigenvalue weighted by Gasteiger charge is 2.13. The molecule has 1 heterocycles. The van der Waals surface area contributed by atoms with Gasteiger partial charge in [-0.15, -0.1) is 0 Å². The second kappa shape index (κ2) is 7.03. The number of benzene rings is 1. The Morgan fingerprint density at radius 1 is 1.22 bits per heavy atom. The Labute approximate surface area is 140 Å². The smallest absolute Gasteiger partial charge is 0.302 e. The van der Waals surface area contributed by atoms with Crippen molar-refractivity contribution < 1.29 is 13.2 Å². The quantitative estimate of drug-likeness (QED) is 0.831. The maximum atomic E-state index is 11.7. The van der Waals surface area contributed by atoms with Crippen LogP contribution < -0.4 is 14.8 Å². The van der Waals surface area contributed by atoms with Gasteiger partial charge in [0, 0.05) is 19.1 Å². The van der Waals surface area contributed by atoms with Gasteiger partial charge in [-0.3, -0.25) is 4.72 Å². The second-order valence-corrected chi connectivity index (χ2v) is 7.11. The molecule has 0 radical (unpaired) electrons. The minimum atomic E-state index is -3.58. The molecule has 2 aromatic rings. The number of aromatic nitrogens is 1. The Hall–Kier alpha value is -2.03. The van der Waals surface area contributed by atoms with Crippen LogP contribution in [0.5, 0.6) is 5.75 Å². The molecule has 0 saturated heterocycles. The van der Waals surface area contributed by atoms with Gasteiger partial charge in [-0.1, -0.05) is 11.6 Å². The predicted molar refractivity (Wildman–Crippen MR) is 91.8 cm³/mol. The van der Waals surface area contributed by atoms with E-state index in [2.05, 4.69) is 15.0 Å². The number of hydrogen-bond donors (Lipinski definition) is 2. The van der Waals surface area contributed by atoms with E-state index in [4.69, 9.17) is 16.3 Å². The predicted octanol–water partition coefficient (Wildman–Crippen LogP) is 2.71. The van der Waals surface area contributed by atoms with E-state index < -0.39 is 10.2 Å². The Morgan fingerprint density at radius 3 is 2.52 bits per heavy atom. The number of halogens is 1. The molecule has 0 aliphatic carbocycles. The first-order valence-corrected chi connectivity index (χ1v) is 8.40. The van der Waals surface area contributed by atoms with Crippen LogP contribution in [0.4, 0.5) is 17.2 Å². The summed E-state index contributed by atoms with van der Waals surface area (Å²) >= 11 is 5.97. The Balaban J connectivity index is 2.16. The van der Waals surface area contributed by atoms with Gasteiger partial charge < -0.3 is 10.1 Å². The number of anilines is 3. The number of rotatable bonds is 6. The van der Waals surface area contributed by atoms with Gasteiger partial charge >= 0.3 is 10.2 Å². The van der Waals surface area contributed by atoms with Crippen LogP contribution in [0, 0.1) is 0 Å². The van der Waals surface area contributed by atoms with Gasteiger partial charge in [0.1, 0.15) is 11.6 Å². The van der Waals surface area contributed by atoms with E-state index in [0.717, 1.165) is 4.31 Å². The van der Waals surface area contributed by atoms with Crippen LogP contribution in [-0.2, 0) is 10.2 Å². The van der Waals surface area contributed by atoms with Crippen molar-refractivity contribution in [2.75, 3.05) is 31.2 Å². The van der Waals surface area contributed by atoms with Crippen LogP contribution in [0.15, 0.2) is 36.5 Å². The van der Waals surface area contributed by atoms with E-state index >= 15 is 0 Å². The van der Waals surface area contributed by atoms with Crippen molar-refractivity contribution in [3.05, 3.63) is 41.6 Å². The van der Waals surface area contributed by atoms with E-state index in [1.165, 1.54) is 20.3 Å². The molecule has 0 aliphatic heterocycles. The van der Waals surface area contributed by atoms with Crippen LogP contribution in [0.25, 0.3) is 0 Å². The molecule has 0 fully saturated rings. The summed E-state index contributed by atoms with van der Waals surface area (Å²) in [5.74, 6) is 0.856. The van der Waals surface area contributed by atoms with Gasteiger partial charge in [0.15, 0.2) is 0 Å². The fourth-order valence-corrected chi connectivity index (χ4v) is 2.42. The average molecular weight is 357 g/mol. The van der Waals surface area contributed by atoms with Crippen LogP contribution in [0.1, 0.15) is 0 Å². The molecule has 0 saturated carbocycles. The monoisotopic (exact) mass is 356 g/mol. The normalized spacial score (nSPS) is 11.3. The molecular formula is C14H17ClN4O3S. The van der Waals surface area contributed by atoms with Crippen molar-refractivity contribution >= 4 is 39.0 Å². The molecule has 1 aromatic heterocycles. The summed E-state index contributed by atoms with van der Waals surface area (Å²) in [7, 11) is 0.853. The maximum Gasteiger partial charge on any atom is 0.302 e. The summed E-state index contributed by atoms with van der Waals surface area (Å²) in [6.45, 7) is 0. The lowest BCUT2D eigenvalue weighted by Gasteiger charge is -2.14. The number of pyridine rings is 1. The molecular weight excluding hydrogens is 340 g/mol. The zero-order valence-electron chi connectivity index (χ0n) is 12.9. The topological polar surface area (TPSA) is 83.6 Å². The average Bonchev–Trinajstić information content (AvgIpc) is 2.49. The summed E-state index contributed by atoms with van der Waals surface area (Å²) in [5, 5.41) is 3.68. The summed E-state index contributed by atoms with van der Waals surface area (Å²) < 4.78 is 32.1. The third kappa shape index (κ3) is 4.47. The highest BCUT2D eigenvalue weighted by atomic mass is 35.5. The summed E-state index contributed by atoms with van der Waals surface area (Å²) in [6.07, 6.45) is 1.51. The molecule has 0 unspecified atom stereocenters. The lowest BCUT2D eigenvalue weighted by Crippen LogP contribution is -2.29. The van der Waals surface area contributed by atoms with Crippen LogP contribution in [0.3, 0.4) is 0 Å². The highest BCUT2D eigenvalue weighted by molar-refractivity contribution is 7.90. The number of nitrogens with zero attached hydrogens (tertiary/aromatic N) is 2. The molecule has 7 nitrogen and oxygen atoms in total. The fourth-order valence-electron chi connectivity index (χ4n) is 1.69. The van der Waals surface area contributed by atoms with Crippen molar-refractivity contribution in [2.24, 2.45) is 0 Å². The van der Waals surface area contributed by atoms with Crippen LogP contribution in [-0.4, -0.2) is 38.9 Å². The molecule has 0 amide bonds. The third-order valence-corrected chi connectivity index (χ3v) is 4.58. The van der Waals surface area contributed by atoms with Gasteiger partial charge in [0.2, 0.25) is 0 Å². The Morgan fingerprint density at radius 2 is 1.96 bits per heavy atom. The standard InChI is InChI=1S/C14H17ClN4O3S/c1-19(2)23(20,21)18-14-7-5-11(9-16-14)17-12-8-10(15)4-6-13(12)22-3/h4-9,17H,1-3H3,(H,16,18). The minimum Gasteiger partial charge on any atom is -0.495 e. The molecule has 23 heavy (non-hydrogen) atoms. The second-order valence-electron chi connectivity index (χ2n) is 4.79. The van der Waals surface area contributed by atoms with Crippen molar-refractivity contribution in [3.8, 4) is 5.75 Å². The molecule has 0 bridgehead atoms. The fraction of sp³-hybridized carbons (Fsp3) is 0.214. The maximum absolute atomic E-state index is 11.7. The van der Waals surface area contributed by atoms with Gasteiger partial charge in [0.05, 0.1) is 24.7 Å². The van der Waals surface area contributed by atoms with Gasteiger partial charge in [-0.2, -0.15) is 12.7 Å². The van der Waals surface area contributed by atoms with Gasteiger partial charge in [0.25, 0.3) is 0 Å². The lowest BCUT2D eigenvalue weighted by atomic mass is 10.2. The first-order valence-electron chi connectivity index (χ1n) is 6.59. The van der Waals surface area contributed by atoms with Crippen LogP contribution >= 0.6 is 11.6 Å². The highest BCUT2D eigenvalue weighted by Crippen LogP contribution is 2.30. The Bertz CT molecular complexity index is 779. The molecule has 0 spiro atoms. The molecule has 9 heteroatoms. The van der Waals surface area contributed by atoms with E-state index in [9.17, 15) is 8.42 Å². The SMILES string of the molecule is COc1ccc(Cl)cc1Nc1ccc(NS(=O)(=O)N(C)C)nc1. The number of ether oxygens (including phenoxy) is 1. The van der Waals surface area contributed by atoms with Gasteiger partial charge in [-0.25, -0.2) is 4.98 Å². The zero-order chi connectivity index (χ0) is 17.0. The van der Waals surface area contributed by atoms with E-state index in [-0.39, 0.29) is 5.82 Å². The van der Waals surface area contributed by atoms with Gasteiger partial charge in [-0.05, 0) is 30.3 Å². The first kappa shape index (κ1) is 17.3. The molecule has 0 atom stereocenters. The third-order valence-electron chi connectivity index (χ3n) is 2.92. The lowest BCUT2D eigenvalue weighted by molar-refractivity contribution is 0.417. The van der Waals surface area contributed by atoms with Crippen molar-refractivity contribution in [3.63, 3.8) is 0 Å². The largest absolute Gasteiger partial charge is 0.495 e. The molecule has 124 valence electrons. The molecule has 0 aliphatic rings. The first-order chi connectivity index (χ1) is 10.8. The van der Waals surface area contributed by atoms with Crippen molar-refractivity contribution in [1.82, 2.24) is 9.29 Å². The van der Waals surface area contributed by atoms with Crippen LogP contribution in [0.2, 0.25) is 5.02 Å². The van der Waals surface area contributed by atoms with E-state index in [1.54, 1.807) is 37.4 Å². The van der Waals surface area contributed by atoms with E-state index in [1.807, 2.05) is 0 Å². The van der Waals surface area contributed by atoms with E-state index in [0.29, 0.717) is 22.1 Å². The summed E-state index contributed by atoms with van der Waals surface area (Å²) in [6, 6.07) is 8.45. The minimum absolute atomic E-state index is 0.224. The number of nitrogens with one attached hydrogen (secondary N) is 2. The molecule has 1 aromatic carbocycles. The summed E-state index contributed by atoms with van der Waals surface area (Å²) in [4.78, 5) is 4.07. The zero-order valence-corrected chi connectivity index (χ0v) is 14.4. The molecule has 2 rings (SSSR count). The summed E-state index contributed by atoms with van der Waals surface area (Å²) in [5.41, 5.74) is 1.35. The van der Waals surface area contributed by atoms with Crippen molar-refractivity contribution in [1.29, 1.82) is 0 Å². The number of hydrogen-bond acceptors (Lipinski definition) is 5.